The molecule has 0 saturated heterocycles. The number of aliphatic hydroxyl groups is 1. The fraction of sp³-hybridized carbons (Fsp3) is 0.917. The number of aliphatic hydroxyl groups excluding tert-OH is 1. The van der Waals surface area contributed by atoms with E-state index in [1.165, 1.54) is 25.7 Å². The number of thiocarbonyl (C=S) groups is 1. The van der Waals surface area contributed by atoms with E-state index in [2.05, 4.69) is 18.7 Å². The quantitative estimate of drug-likeness (QED) is 0.509. The molecule has 2 nitrogen and oxygen atoms in total. The largest absolute Gasteiger partial charge is 0.396 e. The molecule has 0 saturated carbocycles. The smallest absolute Gasteiger partial charge is 0.136 e. The summed E-state index contributed by atoms with van der Waals surface area (Å²) in [6, 6.07) is 0. The Labute approximate surface area is 110 Å². The van der Waals surface area contributed by atoms with E-state index in [0.717, 1.165) is 29.6 Å². The van der Waals surface area contributed by atoms with Gasteiger partial charge in [0.15, 0.2) is 0 Å². The molecule has 0 aliphatic rings. The Morgan fingerprint density at radius 3 is 2.12 bits per heavy atom. The monoisotopic (exact) mass is 263 g/mol. The number of hydrogen-bond acceptors (Lipinski definition) is 3. The van der Waals surface area contributed by atoms with Gasteiger partial charge in [-0.1, -0.05) is 50.7 Å². The number of unbranched alkanes of at least 4 members (excludes halogenated alkanes) is 2. The van der Waals surface area contributed by atoms with Gasteiger partial charge in [0.05, 0.1) is 0 Å². The van der Waals surface area contributed by atoms with Gasteiger partial charge in [-0.2, -0.15) is 0 Å². The Balaban J connectivity index is 3.88. The maximum Gasteiger partial charge on any atom is 0.136 e. The molecule has 4 heteroatoms. The number of nitrogens with zero attached hydrogens (tertiary/aromatic N) is 1. The summed E-state index contributed by atoms with van der Waals surface area (Å²) in [7, 11) is 0. The van der Waals surface area contributed by atoms with E-state index in [4.69, 9.17) is 17.3 Å². The Kier molecular flexibility index (Phi) is 11.8. The molecular formula is C12H25NOS2. The maximum atomic E-state index is 8.73. The highest BCUT2D eigenvalue weighted by atomic mass is 32.2. The molecular weight excluding hydrogens is 238 g/mol. The van der Waals surface area contributed by atoms with Crippen LogP contribution in [0.15, 0.2) is 0 Å². The zero-order chi connectivity index (χ0) is 12.2. The SMILES string of the molecule is CCCCN(CCCC)C(=S)SCCCO. The molecule has 0 spiro atoms. The lowest BCUT2D eigenvalue weighted by molar-refractivity contribution is 0.296. The molecule has 0 aromatic heterocycles. The first-order valence-electron chi connectivity index (χ1n) is 6.28. The second-order valence-corrected chi connectivity index (χ2v) is 5.61. The molecule has 0 atom stereocenters. The third-order valence-corrected chi connectivity index (χ3v) is 3.96. The Morgan fingerprint density at radius 2 is 1.69 bits per heavy atom. The lowest BCUT2D eigenvalue weighted by Gasteiger charge is -2.24. The average Bonchev–Trinajstić information content (AvgIpc) is 2.29. The van der Waals surface area contributed by atoms with Crippen molar-refractivity contribution in [3.63, 3.8) is 0 Å². The minimum absolute atomic E-state index is 0.263. The molecule has 0 fully saturated rings. The van der Waals surface area contributed by atoms with Crippen LogP contribution in [0.25, 0.3) is 0 Å². The first-order chi connectivity index (χ1) is 7.76. The van der Waals surface area contributed by atoms with Gasteiger partial charge in [-0.15, -0.1) is 0 Å². The van der Waals surface area contributed by atoms with Crippen molar-refractivity contribution in [1.82, 2.24) is 4.90 Å². The molecule has 96 valence electrons. The van der Waals surface area contributed by atoms with E-state index in [1.807, 2.05) is 0 Å². The number of rotatable bonds is 9. The van der Waals surface area contributed by atoms with Crippen molar-refractivity contribution < 1.29 is 5.11 Å². The summed E-state index contributed by atoms with van der Waals surface area (Å²) in [5.74, 6) is 0.935. The highest BCUT2D eigenvalue weighted by Crippen LogP contribution is 2.12. The molecule has 0 rings (SSSR count). The summed E-state index contributed by atoms with van der Waals surface area (Å²) in [6.45, 7) is 6.85. The third kappa shape index (κ3) is 8.36. The van der Waals surface area contributed by atoms with Crippen LogP contribution in [0.1, 0.15) is 46.0 Å². The normalized spacial score (nSPS) is 10.4. The van der Waals surface area contributed by atoms with Gasteiger partial charge in [-0.25, -0.2) is 0 Å². The summed E-state index contributed by atoms with van der Waals surface area (Å²) >= 11 is 7.13. The van der Waals surface area contributed by atoms with Crippen LogP contribution >= 0.6 is 24.0 Å². The minimum Gasteiger partial charge on any atom is -0.396 e. The molecule has 0 amide bonds. The van der Waals surface area contributed by atoms with Crippen LogP contribution in [-0.4, -0.2) is 39.8 Å². The molecule has 0 aromatic rings. The Morgan fingerprint density at radius 1 is 1.12 bits per heavy atom. The van der Waals surface area contributed by atoms with Gasteiger partial charge in [0.2, 0.25) is 0 Å². The van der Waals surface area contributed by atoms with E-state index < -0.39 is 0 Å². The van der Waals surface area contributed by atoms with Crippen LogP contribution in [0.2, 0.25) is 0 Å². The minimum atomic E-state index is 0.263. The topological polar surface area (TPSA) is 23.5 Å². The van der Waals surface area contributed by atoms with Crippen LogP contribution in [0.4, 0.5) is 0 Å². The van der Waals surface area contributed by atoms with Gasteiger partial charge >= 0.3 is 0 Å². The van der Waals surface area contributed by atoms with Crippen molar-refractivity contribution in [2.75, 3.05) is 25.4 Å². The van der Waals surface area contributed by atoms with Crippen molar-refractivity contribution in [2.45, 2.75) is 46.0 Å². The molecule has 0 unspecified atom stereocenters. The highest BCUT2D eigenvalue weighted by Gasteiger charge is 2.08. The predicted octanol–water partition coefficient (Wildman–Crippen LogP) is 3.29. The van der Waals surface area contributed by atoms with Crippen LogP contribution in [0.5, 0.6) is 0 Å². The second kappa shape index (κ2) is 11.7. The standard InChI is InChI=1S/C12H25NOS2/c1-3-5-8-13(9-6-4-2)12(15)16-11-7-10-14/h14H,3-11H2,1-2H3. The Bertz CT molecular complexity index is 168. The fourth-order valence-electron chi connectivity index (χ4n) is 1.31. The van der Waals surface area contributed by atoms with E-state index in [0.29, 0.717) is 0 Å². The number of hydrogen-bond donors (Lipinski definition) is 1. The van der Waals surface area contributed by atoms with E-state index in [1.54, 1.807) is 11.8 Å². The van der Waals surface area contributed by atoms with Gasteiger partial charge in [-0.05, 0) is 19.3 Å². The lowest BCUT2D eigenvalue weighted by atomic mass is 10.3. The van der Waals surface area contributed by atoms with E-state index >= 15 is 0 Å². The van der Waals surface area contributed by atoms with E-state index in [-0.39, 0.29) is 6.61 Å². The van der Waals surface area contributed by atoms with Crippen LogP contribution in [0.3, 0.4) is 0 Å². The third-order valence-electron chi connectivity index (χ3n) is 2.35. The molecule has 0 radical (unpaired) electrons. The average molecular weight is 263 g/mol. The van der Waals surface area contributed by atoms with Gasteiger partial charge in [0.25, 0.3) is 0 Å². The summed E-state index contributed by atoms with van der Waals surface area (Å²) in [5.41, 5.74) is 0. The van der Waals surface area contributed by atoms with Crippen molar-refractivity contribution in [2.24, 2.45) is 0 Å². The van der Waals surface area contributed by atoms with Gasteiger partial charge < -0.3 is 10.0 Å². The fourth-order valence-corrected chi connectivity index (χ4v) is 2.55. The predicted molar refractivity (Wildman–Crippen MR) is 78.1 cm³/mol. The van der Waals surface area contributed by atoms with Gasteiger partial charge in [0.1, 0.15) is 4.32 Å². The molecule has 0 heterocycles. The molecule has 0 bridgehead atoms. The second-order valence-electron chi connectivity index (χ2n) is 3.89. The summed E-state index contributed by atoms with van der Waals surface area (Å²) in [6.07, 6.45) is 5.69. The van der Waals surface area contributed by atoms with Crippen molar-refractivity contribution >= 4 is 28.3 Å². The summed E-state index contributed by atoms with van der Waals surface area (Å²) in [5, 5.41) is 8.73. The van der Waals surface area contributed by atoms with Crippen molar-refractivity contribution in [3.8, 4) is 0 Å². The van der Waals surface area contributed by atoms with Crippen molar-refractivity contribution in [1.29, 1.82) is 0 Å². The molecule has 0 aromatic carbocycles. The van der Waals surface area contributed by atoms with E-state index in [9.17, 15) is 0 Å². The summed E-state index contributed by atoms with van der Waals surface area (Å²) < 4.78 is 1.01. The van der Waals surface area contributed by atoms with Gasteiger partial charge in [-0.3, -0.25) is 0 Å². The van der Waals surface area contributed by atoms with Crippen LogP contribution < -0.4 is 0 Å². The molecule has 0 aliphatic carbocycles. The molecule has 0 aliphatic heterocycles. The maximum absolute atomic E-state index is 8.73. The number of thioether (sulfide) groups is 1. The molecule has 1 N–H and O–H groups in total. The zero-order valence-electron chi connectivity index (χ0n) is 10.6. The van der Waals surface area contributed by atoms with Crippen molar-refractivity contribution in [3.05, 3.63) is 0 Å². The first kappa shape index (κ1) is 16.2. The van der Waals surface area contributed by atoms with Crippen LogP contribution in [0, 0.1) is 0 Å². The zero-order valence-corrected chi connectivity index (χ0v) is 12.2. The highest BCUT2D eigenvalue weighted by molar-refractivity contribution is 8.22. The first-order valence-corrected chi connectivity index (χ1v) is 7.68. The lowest BCUT2D eigenvalue weighted by Crippen LogP contribution is -2.29. The van der Waals surface area contributed by atoms with Crippen LogP contribution in [-0.2, 0) is 0 Å². The molecule has 16 heavy (non-hydrogen) atoms. The Hall–Kier alpha value is 0.200. The van der Waals surface area contributed by atoms with Gasteiger partial charge in [0, 0.05) is 25.4 Å². The summed E-state index contributed by atoms with van der Waals surface area (Å²) in [4.78, 5) is 2.32.